The van der Waals surface area contributed by atoms with Crippen molar-refractivity contribution in [3.63, 3.8) is 0 Å². The molecule has 0 heterocycles. The van der Waals surface area contributed by atoms with Crippen LogP contribution in [0.25, 0.3) is 0 Å². The minimum absolute atomic E-state index is 0.104. The van der Waals surface area contributed by atoms with Gasteiger partial charge in [0.15, 0.2) is 0 Å². The summed E-state index contributed by atoms with van der Waals surface area (Å²) in [5.74, 6) is 0.852. The molecular weight excluding hydrogens is 292 g/mol. The monoisotopic (exact) mass is 322 g/mol. The molecule has 1 aromatic rings. The second-order valence-corrected chi connectivity index (χ2v) is 6.79. The average molecular weight is 322 g/mol. The Kier molecular flexibility index (Phi) is 7.36. The molecule has 1 amide bonds. The molecule has 1 aromatic carbocycles. The largest absolute Gasteiger partial charge is 0.497 e. The predicted molar refractivity (Wildman–Crippen MR) is 92.8 cm³/mol. The topological polar surface area (TPSA) is 50.8 Å². The third-order valence-electron chi connectivity index (χ3n) is 3.27. The maximum absolute atomic E-state index is 12.2. The Labute approximate surface area is 140 Å². The molecule has 5 heteroatoms. The smallest absolute Gasteiger partial charge is 0.410 e. The van der Waals surface area contributed by atoms with E-state index in [0.29, 0.717) is 13.1 Å². The van der Waals surface area contributed by atoms with Crippen molar-refractivity contribution in [1.82, 2.24) is 10.2 Å². The van der Waals surface area contributed by atoms with Crippen molar-refractivity contribution < 1.29 is 14.3 Å². The summed E-state index contributed by atoms with van der Waals surface area (Å²) in [4.78, 5) is 13.9. The highest BCUT2D eigenvalue weighted by molar-refractivity contribution is 5.68. The predicted octanol–water partition coefficient (Wildman–Crippen LogP) is 3.43. The number of ether oxygens (including phenoxy) is 2. The van der Waals surface area contributed by atoms with Gasteiger partial charge in [0.25, 0.3) is 0 Å². The molecule has 0 bridgehead atoms. The van der Waals surface area contributed by atoms with E-state index >= 15 is 0 Å². The second kappa shape index (κ2) is 8.77. The zero-order valence-electron chi connectivity index (χ0n) is 15.2. The number of hydrogen-bond acceptors (Lipinski definition) is 4. The Morgan fingerprint density at radius 2 is 1.83 bits per heavy atom. The van der Waals surface area contributed by atoms with Crippen molar-refractivity contribution >= 4 is 6.09 Å². The number of rotatable bonds is 7. The minimum atomic E-state index is -0.471. The van der Waals surface area contributed by atoms with Gasteiger partial charge < -0.3 is 19.7 Å². The highest BCUT2D eigenvalue weighted by Gasteiger charge is 2.23. The Balaban J connectivity index is 2.42. The third-order valence-corrected chi connectivity index (χ3v) is 3.27. The second-order valence-electron chi connectivity index (χ2n) is 6.79. The van der Waals surface area contributed by atoms with E-state index in [1.807, 2.05) is 58.9 Å². The van der Waals surface area contributed by atoms with E-state index in [9.17, 15) is 4.79 Å². The lowest BCUT2D eigenvalue weighted by molar-refractivity contribution is 0.0193. The van der Waals surface area contributed by atoms with Crippen LogP contribution < -0.4 is 10.1 Å². The van der Waals surface area contributed by atoms with Gasteiger partial charge in [0.05, 0.1) is 7.11 Å². The minimum Gasteiger partial charge on any atom is -0.497 e. The lowest BCUT2D eigenvalue weighted by atomic mass is 10.2. The Morgan fingerprint density at radius 1 is 1.22 bits per heavy atom. The van der Waals surface area contributed by atoms with Crippen LogP contribution in [0.5, 0.6) is 5.75 Å². The molecule has 0 unspecified atom stereocenters. The van der Waals surface area contributed by atoms with Crippen LogP contribution in [-0.2, 0) is 11.3 Å². The quantitative estimate of drug-likeness (QED) is 0.781. The zero-order valence-corrected chi connectivity index (χ0v) is 15.2. The van der Waals surface area contributed by atoms with Gasteiger partial charge in [-0.25, -0.2) is 4.79 Å². The number of amides is 1. The molecule has 0 saturated heterocycles. The Bertz CT molecular complexity index is 478. The number of carbonyl (C=O) groups is 1. The van der Waals surface area contributed by atoms with Gasteiger partial charge in [-0.15, -0.1) is 0 Å². The van der Waals surface area contributed by atoms with Gasteiger partial charge in [0.1, 0.15) is 11.4 Å². The van der Waals surface area contributed by atoms with Crippen LogP contribution in [0.1, 0.15) is 40.2 Å². The lowest BCUT2D eigenvalue weighted by Gasteiger charge is -2.30. The van der Waals surface area contributed by atoms with Crippen LogP contribution >= 0.6 is 0 Å². The van der Waals surface area contributed by atoms with Gasteiger partial charge in [-0.2, -0.15) is 0 Å². The fourth-order valence-electron chi connectivity index (χ4n) is 2.06. The van der Waals surface area contributed by atoms with Gasteiger partial charge in [-0.3, -0.25) is 0 Å². The van der Waals surface area contributed by atoms with E-state index in [1.165, 1.54) is 5.56 Å². The molecule has 0 aliphatic rings. The SMILES string of the molecule is COc1ccc(CNCCN(C(=O)OC(C)(C)C)C(C)C)cc1. The van der Waals surface area contributed by atoms with Crippen LogP contribution in [0.3, 0.4) is 0 Å². The van der Waals surface area contributed by atoms with E-state index in [2.05, 4.69) is 5.32 Å². The van der Waals surface area contributed by atoms with Crippen LogP contribution in [0, 0.1) is 0 Å². The molecule has 0 aromatic heterocycles. The summed E-state index contributed by atoms with van der Waals surface area (Å²) in [5, 5.41) is 3.35. The van der Waals surface area contributed by atoms with Crippen LogP contribution in [-0.4, -0.2) is 42.8 Å². The van der Waals surface area contributed by atoms with E-state index in [0.717, 1.165) is 12.3 Å². The molecular formula is C18H30N2O3. The first-order chi connectivity index (χ1) is 10.7. The van der Waals surface area contributed by atoms with Crippen LogP contribution in [0.2, 0.25) is 0 Å². The molecule has 5 nitrogen and oxygen atoms in total. The number of nitrogens with zero attached hydrogens (tertiary/aromatic N) is 1. The van der Waals surface area contributed by atoms with Gasteiger partial charge in [-0.1, -0.05) is 12.1 Å². The molecule has 0 saturated carbocycles. The first-order valence-corrected chi connectivity index (χ1v) is 8.06. The molecule has 0 spiro atoms. The first kappa shape index (κ1) is 19.3. The number of nitrogens with one attached hydrogen (secondary N) is 1. The summed E-state index contributed by atoms with van der Waals surface area (Å²) in [5.41, 5.74) is 0.708. The maximum atomic E-state index is 12.2. The van der Waals surface area contributed by atoms with Crippen molar-refractivity contribution in [1.29, 1.82) is 0 Å². The highest BCUT2D eigenvalue weighted by Crippen LogP contribution is 2.12. The maximum Gasteiger partial charge on any atom is 0.410 e. The molecule has 0 radical (unpaired) electrons. The van der Waals surface area contributed by atoms with Crippen LogP contribution in [0.4, 0.5) is 4.79 Å². The van der Waals surface area contributed by atoms with E-state index in [1.54, 1.807) is 12.0 Å². The number of carbonyl (C=O) groups excluding carboxylic acids is 1. The fourth-order valence-corrected chi connectivity index (χ4v) is 2.06. The van der Waals surface area contributed by atoms with Gasteiger partial charge in [0, 0.05) is 25.7 Å². The molecule has 23 heavy (non-hydrogen) atoms. The molecule has 0 atom stereocenters. The summed E-state index contributed by atoms with van der Waals surface area (Å²) in [6.45, 7) is 11.7. The van der Waals surface area contributed by atoms with E-state index < -0.39 is 5.60 Å². The summed E-state index contributed by atoms with van der Waals surface area (Å²) < 4.78 is 10.6. The van der Waals surface area contributed by atoms with Gasteiger partial charge in [-0.05, 0) is 52.3 Å². The van der Waals surface area contributed by atoms with Crippen LogP contribution in [0.15, 0.2) is 24.3 Å². The van der Waals surface area contributed by atoms with Crippen molar-refractivity contribution in [3.8, 4) is 5.75 Å². The van der Waals surface area contributed by atoms with E-state index in [4.69, 9.17) is 9.47 Å². The number of benzene rings is 1. The average Bonchev–Trinajstić information content (AvgIpc) is 2.45. The molecule has 0 fully saturated rings. The lowest BCUT2D eigenvalue weighted by Crippen LogP contribution is -2.44. The summed E-state index contributed by atoms with van der Waals surface area (Å²) in [6.07, 6.45) is -0.265. The van der Waals surface area contributed by atoms with Crippen molar-refractivity contribution in [2.45, 2.75) is 52.8 Å². The highest BCUT2D eigenvalue weighted by atomic mass is 16.6. The standard InChI is InChI=1S/C18H30N2O3/c1-14(2)20(17(21)23-18(3,4)5)12-11-19-13-15-7-9-16(22-6)10-8-15/h7-10,14,19H,11-13H2,1-6H3. The summed E-state index contributed by atoms with van der Waals surface area (Å²) in [6, 6.07) is 8.04. The van der Waals surface area contributed by atoms with Gasteiger partial charge in [0.2, 0.25) is 0 Å². The fraction of sp³-hybridized carbons (Fsp3) is 0.611. The zero-order chi connectivity index (χ0) is 17.5. The number of hydrogen-bond donors (Lipinski definition) is 1. The molecule has 1 rings (SSSR count). The summed E-state index contributed by atoms with van der Waals surface area (Å²) >= 11 is 0. The third kappa shape index (κ3) is 7.37. The molecule has 0 aliphatic carbocycles. The normalized spacial score (nSPS) is 11.4. The Hall–Kier alpha value is -1.75. The van der Waals surface area contributed by atoms with Crippen molar-refractivity contribution in [2.24, 2.45) is 0 Å². The summed E-state index contributed by atoms with van der Waals surface area (Å²) in [7, 11) is 1.66. The number of methoxy groups -OCH3 is 1. The molecule has 0 aliphatic heterocycles. The van der Waals surface area contributed by atoms with Crippen molar-refractivity contribution in [2.75, 3.05) is 20.2 Å². The molecule has 130 valence electrons. The van der Waals surface area contributed by atoms with E-state index in [-0.39, 0.29) is 12.1 Å². The first-order valence-electron chi connectivity index (χ1n) is 8.06. The van der Waals surface area contributed by atoms with Crippen molar-refractivity contribution in [3.05, 3.63) is 29.8 Å². The Morgan fingerprint density at radius 3 is 2.30 bits per heavy atom. The molecule has 1 N–H and O–H groups in total. The van der Waals surface area contributed by atoms with Gasteiger partial charge >= 0.3 is 6.09 Å².